The van der Waals surface area contributed by atoms with Crippen LogP contribution in [0.2, 0.25) is 0 Å². The van der Waals surface area contributed by atoms with Gasteiger partial charge in [0.05, 0.1) is 11.4 Å². The largest absolute Gasteiger partial charge is 0.380 e. The Bertz CT molecular complexity index is 739. The quantitative estimate of drug-likeness (QED) is 0.730. The van der Waals surface area contributed by atoms with Crippen LogP contribution in [0, 0.1) is 0 Å². The molecule has 22 heavy (non-hydrogen) atoms. The minimum Gasteiger partial charge on any atom is -0.380 e. The summed E-state index contributed by atoms with van der Waals surface area (Å²) in [5.41, 5.74) is 2.84. The van der Waals surface area contributed by atoms with Crippen LogP contribution in [-0.4, -0.2) is 15.0 Å². The Morgan fingerprint density at radius 3 is 2.82 bits per heavy atom. The molecule has 0 spiro atoms. The highest BCUT2D eigenvalue weighted by molar-refractivity contribution is 7.13. The molecule has 3 aromatic rings. The number of anilines is 2. The summed E-state index contributed by atoms with van der Waals surface area (Å²) in [4.78, 5) is 12.5. The lowest BCUT2D eigenvalue weighted by Gasteiger charge is -2.07. The third-order valence-corrected chi connectivity index (χ3v) is 3.74. The summed E-state index contributed by atoms with van der Waals surface area (Å²) in [6.07, 6.45) is 3.18. The van der Waals surface area contributed by atoms with Crippen LogP contribution in [0.25, 0.3) is 5.70 Å². The van der Waals surface area contributed by atoms with E-state index in [1.165, 1.54) is 23.2 Å². The van der Waals surface area contributed by atoms with Crippen molar-refractivity contribution in [2.45, 2.75) is 6.54 Å². The topological polar surface area (TPSA) is 62.7 Å². The van der Waals surface area contributed by atoms with Crippen LogP contribution in [0.3, 0.4) is 0 Å². The second-order valence-corrected chi connectivity index (χ2v) is 5.43. The summed E-state index contributed by atoms with van der Waals surface area (Å²) < 4.78 is 0. The highest BCUT2D eigenvalue weighted by atomic mass is 32.1. The van der Waals surface area contributed by atoms with Gasteiger partial charge in [0.2, 0.25) is 0 Å². The molecule has 0 aliphatic rings. The van der Waals surface area contributed by atoms with Gasteiger partial charge in [0.25, 0.3) is 0 Å². The van der Waals surface area contributed by atoms with E-state index >= 15 is 0 Å². The van der Waals surface area contributed by atoms with Gasteiger partial charge < -0.3 is 10.6 Å². The minimum absolute atomic E-state index is 0.721. The van der Waals surface area contributed by atoms with E-state index in [0.717, 1.165) is 28.9 Å². The Kier molecular flexibility index (Phi) is 4.41. The maximum Gasteiger partial charge on any atom is 0.188 e. The van der Waals surface area contributed by atoms with E-state index in [1.54, 1.807) is 12.3 Å². The fourth-order valence-electron chi connectivity index (χ4n) is 1.84. The van der Waals surface area contributed by atoms with Crippen LogP contribution in [0.15, 0.2) is 60.9 Å². The lowest BCUT2D eigenvalue weighted by Crippen LogP contribution is -2.11. The lowest BCUT2D eigenvalue weighted by atomic mass is 10.2. The molecule has 2 heterocycles. The van der Waals surface area contributed by atoms with Crippen molar-refractivity contribution in [3.8, 4) is 0 Å². The van der Waals surface area contributed by atoms with Gasteiger partial charge in [-0.25, -0.2) is 15.0 Å². The van der Waals surface area contributed by atoms with Gasteiger partial charge in [0.1, 0.15) is 12.1 Å². The lowest BCUT2D eigenvalue weighted by molar-refractivity contribution is 0.887. The summed E-state index contributed by atoms with van der Waals surface area (Å²) in [5, 5.41) is 9.17. The van der Waals surface area contributed by atoms with Crippen LogP contribution in [0.5, 0.6) is 0 Å². The van der Waals surface area contributed by atoms with Crippen molar-refractivity contribution < 1.29 is 0 Å². The number of hydrogen-bond donors (Lipinski definition) is 2. The van der Waals surface area contributed by atoms with Crippen LogP contribution in [-0.2, 0) is 6.54 Å². The first-order chi connectivity index (χ1) is 10.8. The first kappa shape index (κ1) is 14.2. The number of nitrogens with zero attached hydrogens (tertiary/aromatic N) is 3. The molecule has 5 nitrogen and oxygen atoms in total. The van der Waals surface area contributed by atoms with E-state index in [9.17, 15) is 0 Å². The van der Waals surface area contributed by atoms with Crippen molar-refractivity contribution in [3.63, 3.8) is 0 Å². The second kappa shape index (κ2) is 6.82. The van der Waals surface area contributed by atoms with E-state index in [1.807, 2.05) is 23.6 Å². The van der Waals surface area contributed by atoms with E-state index in [0.29, 0.717) is 0 Å². The molecule has 0 aliphatic heterocycles. The molecule has 3 rings (SSSR count). The first-order valence-electron chi connectivity index (χ1n) is 6.77. The average Bonchev–Trinajstić information content (AvgIpc) is 3.03. The normalized spacial score (nSPS) is 10.2. The number of aromatic nitrogens is 3. The van der Waals surface area contributed by atoms with Crippen molar-refractivity contribution in [2.75, 3.05) is 5.32 Å². The van der Waals surface area contributed by atoms with Gasteiger partial charge in [-0.2, -0.15) is 0 Å². The molecular weight excluding hydrogens is 294 g/mol. The third kappa shape index (κ3) is 3.67. The zero-order valence-corrected chi connectivity index (χ0v) is 12.7. The summed E-state index contributed by atoms with van der Waals surface area (Å²) in [7, 11) is 0. The summed E-state index contributed by atoms with van der Waals surface area (Å²) in [5.74, 6) is 0.721. The van der Waals surface area contributed by atoms with Crippen LogP contribution in [0.1, 0.15) is 11.3 Å². The zero-order chi connectivity index (χ0) is 15.2. The number of rotatable bonds is 6. The standard InChI is InChI=1S/C16H15N5S/c1-12(18-9-13-5-3-2-4-6-13)14-10-22-16(20-14)21-15-7-8-17-11-19-15/h2-8,10-11,18H,1,9H2,(H,17,19,20,21). The Morgan fingerprint density at radius 1 is 1.18 bits per heavy atom. The van der Waals surface area contributed by atoms with Crippen molar-refractivity contribution in [1.29, 1.82) is 0 Å². The van der Waals surface area contributed by atoms with Gasteiger partial charge in [0.15, 0.2) is 5.13 Å². The predicted octanol–water partition coefficient (Wildman–Crippen LogP) is 3.44. The van der Waals surface area contributed by atoms with E-state index in [-0.39, 0.29) is 0 Å². The van der Waals surface area contributed by atoms with Gasteiger partial charge in [-0.3, -0.25) is 0 Å². The van der Waals surface area contributed by atoms with Crippen molar-refractivity contribution >= 4 is 28.0 Å². The highest BCUT2D eigenvalue weighted by Gasteiger charge is 2.06. The van der Waals surface area contributed by atoms with Gasteiger partial charge in [0, 0.05) is 18.1 Å². The monoisotopic (exact) mass is 309 g/mol. The molecule has 0 atom stereocenters. The first-order valence-corrected chi connectivity index (χ1v) is 7.65. The van der Waals surface area contributed by atoms with Crippen LogP contribution in [0.4, 0.5) is 10.9 Å². The number of thiazole rings is 1. The number of benzene rings is 1. The van der Waals surface area contributed by atoms with Crippen molar-refractivity contribution in [3.05, 3.63) is 72.1 Å². The molecule has 1 aromatic carbocycles. The summed E-state index contributed by atoms with van der Waals surface area (Å²) in [6, 6.07) is 12.0. The van der Waals surface area contributed by atoms with Crippen molar-refractivity contribution in [2.24, 2.45) is 0 Å². The Morgan fingerprint density at radius 2 is 2.05 bits per heavy atom. The number of nitrogens with one attached hydrogen (secondary N) is 2. The predicted molar refractivity (Wildman–Crippen MR) is 89.7 cm³/mol. The summed E-state index contributed by atoms with van der Waals surface area (Å²) >= 11 is 1.51. The van der Waals surface area contributed by atoms with Gasteiger partial charge in [-0.1, -0.05) is 36.9 Å². The second-order valence-electron chi connectivity index (χ2n) is 4.58. The molecule has 2 N–H and O–H groups in total. The Hall–Kier alpha value is -2.73. The van der Waals surface area contributed by atoms with Crippen LogP contribution >= 0.6 is 11.3 Å². The Balaban J connectivity index is 1.60. The average molecular weight is 309 g/mol. The van der Waals surface area contributed by atoms with Crippen molar-refractivity contribution in [1.82, 2.24) is 20.3 Å². The molecule has 0 unspecified atom stereocenters. The minimum atomic E-state index is 0.721. The van der Waals surface area contributed by atoms with Gasteiger partial charge >= 0.3 is 0 Å². The molecule has 0 saturated carbocycles. The molecule has 110 valence electrons. The summed E-state index contributed by atoms with van der Waals surface area (Å²) in [6.45, 7) is 4.77. The molecule has 6 heteroatoms. The van der Waals surface area contributed by atoms with Gasteiger partial charge in [-0.15, -0.1) is 11.3 Å². The molecule has 0 saturated heterocycles. The van der Waals surface area contributed by atoms with Gasteiger partial charge in [-0.05, 0) is 11.6 Å². The van der Waals surface area contributed by atoms with E-state index in [2.05, 4.69) is 44.3 Å². The zero-order valence-electron chi connectivity index (χ0n) is 11.9. The SMILES string of the molecule is C=C(NCc1ccccc1)c1csc(Nc2ccncn2)n1. The molecule has 0 bridgehead atoms. The Labute approximate surface area is 132 Å². The smallest absolute Gasteiger partial charge is 0.188 e. The third-order valence-electron chi connectivity index (χ3n) is 2.98. The molecule has 0 radical (unpaired) electrons. The molecule has 2 aromatic heterocycles. The molecular formula is C16H15N5S. The number of hydrogen-bond acceptors (Lipinski definition) is 6. The van der Waals surface area contributed by atoms with E-state index < -0.39 is 0 Å². The van der Waals surface area contributed by atoms with Crippen LogP contribution < -0.4 is 10.6 Å². The maximum absolute atomic E-state index is 4.50. The van der Waals surface area contributed by atoms with E-state index in [4.69, 9.17) is 0 Å². The molecule has 0 amide bonds. The fraction of sp³-hybridized carbons (Fsp3) is 0.0625. The highest BCUT2D eigenvalue weighted by Crippen LogP contribution is 2.22. The molecule has 0 fully saturated rings. The maximum atomic E-state index is 4.50. The molecule has 0 aliphatic carbocycles. The fourth-order valence-corrected chi connectivity index (χ4v) is 2.57.